The van der Waals surface area contributed by atoms with Crippen LogP contribution in [-0.2, 0) is 19.0 Å². The zero-order valence-electron chi connectivity index (χ0n) is 10.1. The zero-order chi connectivity index (χ0) is 11.6. The molecule has 0 radical (unpaired) electrons. The molecule has 0 N–H and O–H groups in total. The third kappa shape index (κ3) is 2.92. The lowest BCUT2D eigenvalue weighted by atomic mass is 9.92. The summed E-state index contributed by atoms with van der Waals surface area (Å²) in [7, 11) is 1.40. The minimum absolute atomic E-state index is 0.138. The van der Waals surface area contributed by atoms with Gasteiger partial charge in [-0.15, -0.1) is 0 Å². The molecule has 0 aromatic carbocycles. The first kappa shape index (κ1) is 12.5. The summed E-state index contributed by atoms with van der Waals surface area (Å²) in [5.41, 5.74) is 0. The molecule has 15 heavy (non-hydrogen) atoms. The third-order valence-electron chi connectivity index (χ3n) is 2.74. The molecular formula is C11H20O4. The summed E-state index contributed by atoms with van der Waals surface area (Å²) in [4.78, 5) is 11.4. The molecule has 1 heterocycles. The van der Waals surface area contributed by atoms with Crippen LogP contribution in [0, 0.1) is 11.8 Å². The van der Waals surface area contributed by atoms with Crippen molar-refractivity contribution in [1.29, 1.82) is 0 Å². The molecule has 4 heteroatoms. The Morgan fingerprint density at radius 1 is 1.53 bits per heavy atom. The standard InChI is InChI=1S/C11H20O4/c1-7-6-14-11(3,4)15-9(7)8(2)10(12)13-5/h7-9H,6H2,1-5H3/t7-,8-,9+/m1/s1. The molecule has 0 unspecified atom stereocenters. The summed E-state index contributed by atoms with van der Waals surface area (Å²) in [5.74, 6) is -0.899. The Bertz CT molecular complexity index is 237. The quantitative estimate of drug-likeness (QED) is 0.657. The van der Waals surface area contributed by atoms with Gasteiger partial charge in [-0.25, -0.2) is 0 Å². The lowest BCUT2D eigenvalue weighted by Gasteiger charge is -2.41. The van der Waals surface area contributed by atoms with Crippen molar-refractivity contribution in [3.05, 3.63) is 0 Å². The van der Waals surface area contributed by atoms with Gasteiger partial charge in [-0.3, -0.25) is 4.79 Å². The van der Waals surface area contributed by atoms with Gasteiger partial charge in [0.1, 0.15) is 0 Å². The van der Waals surface area contributed by atoms with Crippen molar-refractivity contribution in [2.75, 3.05) is 13.7 Å². The van der Waals surface area contributed by atoms with E-state index in [0.717, 1.165) is 0 Å². The van der Waals surface area contributed by atoms with Gasteiger partial charge in [-0.05, 0) is 20.8 Å². The Kier molecular flexibility index (Phi) is 3.73. The molecule has 3 atom stereocenters. The molecule has 4 nitrogen and oxygen atoms in total. The van der Waals surface area contributed by atoms with Crippen molar-refractivity contribution in [1.82, 2.24) is 0 Å². The van der Waals surface area contributed by atoms with E-state index in [-0.39, 0.29) is 23.9 Å². The van der Waals surface area contributed by atoms with Crippen LogP contribution in [0.4, 0.5) is 0 Å². The first-order valence-electron chi connectivity index (χ1n) is 5.27. The summed E-state index contributed by atoms with van der Waals surface area (Å²) in [6, 6.07) is 0. The number of methoxy groups -OCH3 is 1. The topological polar surface area (TPSA) is 44.8 Å². The molecule has 88 valence electrons. The smallest absolute Gasteiger partial charge is 0.311 e. The number of ether oxygens (including phenoxy) is 3. The molecular weight excluding hydrogens is 196 g/mol. The lowest BCUT2D eigenvalue weighted by molar-refractivity contribution is -0.298. The molecule has 0 bridgehead atoms. The number of rotatable bonds is 2. The van der Waals surface area contributed by atoms with Crippen molar-refractivity contribution in [2.45, 2.75) is 39.6 Å². The fourth-order valence-electron chi connectivity index (χ4n) is 1.82. The average molecular weight is 216 g/mol. The van der Waals surface area contributed by atoms with Gasteiger partial charge in [0.25, 0.3) is 0 Å². The van der Waals surface area contributed by atoms with E-state index < -0.39 is 5.79 Å². The molecule has 0 aliphatic carbocycles. The van der Waals surface area contributed by atoms with Gasteiger partial charge in [-0.2, -0.15) is 0 Å². The number of carbonyl (C=O) groups excluding carboxylic acids is 1. The molecule has 1 fully saturated rings. The van der Waals surface area contributed by atoms with Gasteiger partial charge in [0.15, 0.2) is 5.79 Å². The Balaban J connectivity index is 2.69. The van der Waals surface area contributed by atoms with E-state index in [9.17, 15) is 4.79 Å². The van der Waals surface area contributed by atoms with Crippen LogP contribution in [0.2, 0.25) is 0 Å². The maximum Gasteiger partial charge on any atom is 0.311 e. The predicted octanol–water partition coefficient (Wildman–Crippen LogP) is 1.58. The van der Waals surface area contributed by atoms with Crippen molar-refractivity contribution in [3.8, 4) is 0 Å². The highest BCUT2D eigenvalue weighted by atomic mass is 16.7. The SMILES string of the molecule is COC(=O)[C@H](C)[C@H]1OC(C)(C)OC[C@H]1C. The highest BCUT2D eigenvalue weighted by Gasteiger charge is 2.39. The third-order valence-corrected chi connectivity index (χ3v) is 2.74. The Labute approximate surface area is 90.9 Å². The molecule has 1 rings (SSSR count). The highest BCUT2D eigenvalue weighted by molar-refractivity contribution is 5.72. The summed E-state index contributed by atoms with van der Waals surface area (Å²) in [6.07, 6.45) is -0.138. The highest BCUT2D eigenvalue weighted by Crippen LogP contribution is 2.30. The maximum atomic E-state index is 11.4. The minimum Gasteiger partial charge on any atom is -0.469 e. The summed E-state index contributed by atoms with van der Waals surface area (Å²) in [5, 5.41) is 0. The van der Waals surface area contributed by atoms with Crippen LogP contribution in [-0.4, -0.2) is 31.6 Å². The second-order valence-corrected chi connectivity index (χ2v) is 4.58. The van der Waals surface area contributed by atoms with Crippen LogP contribution >= 0.6 is 0 Å². The van der Waals surface area contributed by atoms with Crippen LogP contribution < -0.4 is 0 Å². The molecule has 0 saturated carbocycles. The van der Waals surface area contributed by atoms with E-state index in [1.807, 2.05) is 27.7 Å². The van der Waals surface area contributed by atoms with Crippen molar-refractivity contribution >= 4 is 5.97 Å². The monoisotopic (exact) mass is 216 g/mol. The first-order valence-corrected chi connectivity index (χ1v) is 5.27. The largest absolute Gasteiger partial charge is 0.469 e. The van der Waals surface area contributed by atoms with Gasteiger partial charge < -0.3 is 14.2 Å². The Hall–Kier alpha value is -0.610. The second-order valence-electron chi connectivity index (χ2n) is 4.58. The van der Waals surface area contributed by atoms with Gasteiger partial charge in [0.05, 0.1) is 25.7 Å². The number of hydrogen-bond donors (Lipinski definition) is 0. The molecule has 1 aliphatic rings. The van der Waals surface area contributed by atoms with Crippen LogP contribution in [0.5, 0.6) is 0 Å². The van der Waals surface area contributed by atoms with E-state index in [4.69, 9.17) is 14.2 Å². The number of esters is 1. The normalized spacial score (nSPS) is 32.1. The van der Waals surface area contributed by atoms with Crippen molar-refractivity contribution in [2.24, 2.45) is 11.8 Å². The molecule has 1 saturated heterocycles. The van der Waals surface area contributed by atoms with E-state index >= 15 is 0 Å². The molecule has 0 aromatic rings. The average Bonchev–Trinajstić information content (AvgIpc) is 2.19. The molecule has 1 aliphatic heterocycles. The van der Waals surface area contributed by atoms with E-state index in [1.165, 1.54) is 7.11 Å². The van der Waals surface area contributed by atoms with E-state index in [0.29, 0.717) is 6.61 Å². The Morgan fingerprint density at radius 2 is 2.13 bits per heavy atom. The second kappa shape index (κ2) is 4.49. The van der Waals surface area contributed by atoms with E-state index in [1.54, 1.807) is 0 Å². The minimum atomic E-state index is -0.612. The Morgan fingerprint density at radius 3 is 2.67 bits per heavy atom. The van der Waals surface area contributed by atoms with Crippen molar-refractivity contribution < 1.29 is 19.0 Å². The number of carbonyl (C=O) groups is 1. The predicted molar refractivity (Wildman–Crippen MR) is 55.2 cm³/mol. The van der Waals surface area contributed by atoms with Crippen LogP contribution in [0.3, 0.4) is 0 Å². The van der Waals surface area contributed by atoms with Crippen LogP contribution in [0.1, 0.15) is 27.7 Å². The van der Waals surface area contributed by atoms with Crippen LogP contribution in [0.25, 0.3) is 0 Å². The van der Waals surface area contributed by atoms with Gasteiger partial charge in [0, 0.05) is 5.92 Å². The fraction of sp³-hybridized carbons (Fsp3) is 0.909. The van der Waals surface area contributed by atoms with Gasteiger partial charge >= 0.3 is 5.97 Å². The fourth-order valence-corrected chi connectivity index (χ4v) is 1.82. The maximum absolute atomic E-state index is 11.4. The van der Waals surface area contributed by atoms with Crippen molar-refractivity contribution in [3.63, 3.8) is 0 Å². The zero-order valence-corrected chi connectivity index (χ0v) is 10.1. The van der Waals surface area contributed by atoms with Gasteiger partial charge in [-0.1, -0.05) is 6.92 Å². The molecule has 0 aromatic heterocycles. The van der Waals surface area contributed by atoms with E-state index in [2.05, 4.69) is 0 Å². The number of hydrogen-bond acceptors (Lipinski definition) is 4. The molecule has 0 spiro atoms. The lowest BCUT2D eigenvalue weighted by Crippen LogP contribution is -2.49. The van der Waals surface area contributed by atoms with Crippen LogP contribution in [0.15, 0.2) is 0 Å². The summed E-state index contributed by atoms with van der Waals surface area (Å²) >= 11 is 0. The summed E-state index contributed by atoms with van der Waals surface area (Å²) < 4.78 is 16.0. The first-order chi connectivity index (χ1) is 6.87. The van der Waals surface area contributed by atoms with Gasteiger partial charge in [0.2, 0.25) is 0 Å². The molecule has 0 amide bonds. The summed E-state index contributed by atoms with van der Waals surface area (Å²) in [6.45, 7) is 8.17.